The molecule has 0 aliphatic heterocycles. The van der Waals surface area contributed by atoms with Crippen molar-refractivity contribution in [1.82, 2.24) is 0 Å². The van der Waals surface area contributed by atoms with Crippen LogP contribution in [0.25, 0.3) is 21.9 Å². The Kier molecular flexibility index (Phi) is 5.46. The maximum atomic E-state index is 12.7. The summed E-state index contributed by atoms with van der Waals surface area (Å²) in [6.07, 6.45) is 0. The molecule has 0 aliphatic rings. The fourth-order valence-electron chi connectivity index (χ4n) is 3.60. The summed E-state index contributed by atoms with van der Waals surface area (Å²) >= 11 is 0. The molecule has 3 aromatic carbocycles. The van der Waals surface area contributed by atoms with Crippen molar-refractivity contribution in [3.63, 3.8) is 0 Å². The molecule has 10 heteroatoms. The summed E-state index contributed by atoms with van der Waals surface area (Å²) in [5.41, 5.74) is 0.738. The van der Waals surface area contributed by atoms with Gasteiger partial charge in [0.05, 0.1) is 0 Å². The molecule has 2 heterocycles. The normalized spacial score (nSPS) is 10.9. The molecular weight excluding hydrogens is 464 g/mol. The quantitative estimate of drug-likeness (QED) is 0.225. The lowest BCUT2D eigenvalue weighted by atomic mass is 10.1. The van der Waals surface area contributed by atoms with E-state index in [0.717, 1.165) is 0 Å². The number of anilines is 2. The molecule has 0 aliphatic carbocycles. The Morgan fingerprint density at radius 3 is 1.39 bits per heavy atom. The third-order valence-electron chi connectivity index (χ3n) is 5.40. The lowest BCUT2D eigenvalue weighted by molar-refractivity contribution is 0.101. The van der Waals surface area contributed by atoms with Gasteiger partial charge < -0.3 is 29.7 Å². The van der Waals surface area contributed by atoms with Crippen LogP contribution in [0, 0.1) is 10.8 Å². The van der Waals surface area contributed by atoms with E-state index < -0.39 is 11.8 Å². The maximum absolute atomic E-state index is 12.7. The van der Waals surface area contributed by atoms with E-state index in [9.17, 15) is 19.8 Å². The molecule has 178 valence electrons. The predicted octanol–water partition coefficient (Wildman–Crippen LogP) is 4.05. The van der Waals surface area contributed by atoms with Crippen LogP contribution in [0.2, 0.25) is 0 Å². The molecule has 0 saturated carbocycles. The molecule has 0 saturated heterocycles. The summed E-state index contributed by atoms with van der Waals surface area (Å²) < 4.78 is 10.7. The topological polar surface area (TPSA) is 173 Å². The monoisotopic (exact) mass is 482 g/mol. The zero-order chi connectivity index (χ0) is 25.4. The molecule has 0 radical (unpaired) electrons. The molecule has 2 amide bonds. The summed E-state index contributed by atoms with van der Waals surface area (Å²) in [7, 11) is 0. The van der Waals surface area contributed by atoms with Crippen LogP contribution in [0.4, 0.5) is 11.4 Å². The van der Waals surface area contributed by atoms with Gasteiger partial charge in [0.1, 0.15) is 33.8 Å². The van der Waals surface area contributed by atoms with E-state index >= 15 is 0 Å². The van der Waals surface area contributed by atoms with E-state index in [1.54, 1.807) is 36.4 Å². The van der Waals surface area contributed by atoms with E-state index in [1.807, 2.05) is 0 Å². The number of phenols is 2. The number of hydrogen-bond donors (Lipinski definition) is 6. The maximum Gasteiger partial charge on any atom is 0.261 e. The van der Waals surface area contributed by atoms with Gasteiger partial charge in [-0.2, -0.15) is 0 Å². The van der Waals surface area contributed by atoms with Crippen molar-refractivity contribution in [2.75, 3.05) is 10.6 Å². The summed E-state index contributed by atoms with van der Waals surface area (Å²) in [6, 6.07) is 18.1. The van der Waals surface area contributed by atoms with Crippen LogP contribution in [-0.2, 0) is 0 Å². The van der Waals surface area contributed by atoms with Gasteiger partial charge in [0, 0.05) is 34.3 Å². The average Bonchev–Trinajstić information content (AvgIpc) is 2.84. The van der Waals surface area contributed by atoms with Crippen molar-refractivity contribution in [2.24, 2.45) is 0 Å². The van der Waals surface area contributed by atoms with Gasteiger partial charge in [-0.05, 0) is 60.7 Å². The molecule has 10 nitrogen and oxygen atoms in total. The molecule has 5 rings (SSSR count). The van der Waals surface area contributed by atoms with Gasteiger partial charge in [0.2, 0.25) is 11.1 Å². The summed E-state index contributed by atoms with van der Waals surface area (Å²) in [5, 5.41) is 41.6. The van der Waals surface area contributed by atoms with E-state index in [4.69, 9.17) is 19.7 Å². The minimum atomic E-state index is -0.557. The molecular formula is C26H18N4O6. The van der Waals surface area contributed by atoms with Gasteiger partial charge in [-0.25, -0.2) is 0 Å². The number of fused-ring (bicyclic) bond motifs is 2. The number of phenolic OH excluding ortho intramolecular Hbond substituents is 2. The van der Waals surface area contributed by atoms with Crippen LogP contribution in [-0.4, -0.2) is 22.0 Å². The molecule has 0 unspecified atom stereocenters. The number of aromatic hydroxyl groups is 2. The lowest BCUT2D eigenvalue weighted by Gasteiger charge is -2.09. The van der Waals surface area contributed by atoms with Gasteiger partial charge in [0.15, 0.2) is 0 Å². The second-order valence-electron chi connectivity index (χ2n) is 7.91. The third-order valence-corrected chi connectivity index (χ3v) is 5.40. The Bertz CT molecular complexity index is 1660. The molecule has 6 N–H and O–H groups in total. The van der Waals surface area contributed by atoms with Crippen LogP contribution < -0.4 is 21.7 Å². The van der Waals surface area contributed by atoms with Gasteiger partial charge in [-0.3, -0.25) is 20.4 Å². The number of amides is 2. The van der Waals surface area contributed by atoms with E-state index in [0.29, 0.717) is 22.1 Å². The minimum absolute atomic E-state index is 0.00993. The molecule has 0 bridgehead atoms. The smallest absolute Gasteiger partial charge is 0.261 e. The molecule has 36 heavy (non-hydrogen) atoms. The number of carbonyl (C=O) groups excluding carboxylic acids is 2. The van der Waals surface area contributed by atoms with Crippen LogP contribution in [0.1, 0.15) is 20.7 Å². The Morgan fingerprint density at radius 1 is 0.611 bits per heavy atom. The molecule has 0 atom stereocenters. The second kappa shape index (κ2) is 8.76. The standard InChI is InChI=1S/C26H18N4O6/c27-23-19(9-13-1-7-17(31)11-21(13)35-23)25(33)29-15-3-5-16(6-4-15)30-26(34)20-10-14-2-8-18(32)12-22(14)36-24(20)28/h1-12,27-28,31-32H,(H,29,33)(H,30,34). The molecule has 0 spiro atoms. The Labute approximate surface area is 202 Å². The first kappa shape index (κ1) is 22.4. The first-order valence-electron chi connectivity index (χ1n) is 10.6. The van der Waals surface area contributed by atoms with E-state index in [-0.39, 0.29) is 44.9 Å². The fraction of sp³-hybridized carbons (Fsp3) is 0. The number of benzene rings is 3. The number of rotatable bonds is 4. The highest BCUT2D eigenvalue weighted by atomic mass is 16.3. The first-order valence-corrected chi connectivity index (χ1v) is 10.6. The number of carbonyl (C=O) groups is 2. The summed E-state index contributed by atoms with van der Waals surface area (Å²) in [6.45, 7) is 0. The number of hydrogen-bond acceptors (Lipinski definition) is 8. The van der Waals surface area contributed by atoms with Gasteiger partial charge >= 0.3 is 0 Å². The highest BCUT2D eigenvalue weighted by Gasteiger charge is 2.14. The molecule has 2 aromatic heterocycles. The van der Waals surface area contributed by atoms with Crippen molar-refractivity contribution in [2.45, 2.75) is 0 Å². The lowest BCUT2D eigenvalue weighted by Crippen LogP contribution is -2.21. The van der Waals surface area contributed by atoms with Crippen LogP contribution in [0.5, 0.6) is 11.5 Å². The predicted molar refractivity (Wildman–Crippen MR) is 130 cm³/mol. The average molecular weight is 482 g/mol. The van der Waals surface area contributed by atoms with Gasteiger partial charge in [-0.15, -0.1) is 0 Å². The van der Waals surface area contributed by atoms with Crippen LogP contribution in [0.15, 0.2) is 81.6 Å². The molecule has 5 aromatic rings. The number of nitrogens with one attached hydrogen (secondary N) is 4. The van der Waals surface area contributed by atoms with Crippen molar-refractivity contribution < 1.29 is 28.6 Å². The highest BCUT2D eigenvalue weighted by Crippen LogP contribution is 2.22. The van der Waals surface area contributed by atoms with E-state index in [1.165, 1.54) is 36.4 Å². The largest absolute Gasteiger partial charge is 0.508 e. The van der Waals surface area contributed by atoms with Crippen molar-refractivity contribution in [1.29, 1.82) is 10.8 Å². The Balaban J connectivity index is 1.31. The Hall–Kier alpha value is -5.38. The fourth-order valence-corrected chi connectivity index (χ4v) is 3.60. The molecule has 0 fully saturated rings. The third kappa shape index (κ3) is 4.38. The SMILES string of the molecule is N=c1oc2cc(O)ccc2cc1C(=O)Nc1ccc(NC(=O)c2cc3ccc(O)cc3oc2=N)cc1. The van der Waals surface area contributed by atoms with Crippen molar-refractivity contribution >= 4 is 45.1 Å². The highest BCUT2D eigenvalue weighted by molar-refractivity contribution is 6.07. The zero-order valence-electron chi connectivity index (χ0n) is 18.5. The van der Waals surface area contributed by atoms with Crippen molar-refractivity contribution in [3.8, 4) is 11.5 Å². The van der Waals surface area contributed by atoms with Gasteiger partial charge in [-0.1, -0.05) is 0 Å². The van der Waals surface area contributed by atoms with E-state index in [2.05, 4.69) is 10.6 Å². The summed E-state index contributed by atoms with van der Waals surface area (Å²) in [5.74, 6) is -1.13. The Morgan fingerprint density at radius 2 is 1.00 bits per heavy atom. The first-order chi connectivity index (χ1) is 17.3. The minimum Gasteiger partial charge on any atom is -0.508 e. The van der Waals surface area contributed by atoms with Crippen LogP contribution >= 0.6 is 0 Å². The second-order valence-corrected chi connectivity index (χ2v) is 7.91. The van der Waals surface area contributed by atoms with Gasteiger partial charge in [0.25, 0.3) is 11.8 Å². The van der Waals surface area contributed by atoms with Crippen LogP contribution in [0.3, 0.4) is 0 Å². The van der Waals surface area contributed by atoms with Crippen molar-refractivity contribution in [3.05, 3.63) is 95.0 Å². The summed E-state index contributed by atoms with van der Waals surface area (Å²) in [4.78, 5) is 25.4. The zero-order valence-corrected chi connectivity index (χ0v) is 18.5.